The molecule has 3 nitrogen and oxygen atoms in total. The summed E-state index contributed by atoms with van der Waals surface area (Å²) < 4.78 is 21.7. The highest BCUT2D eigenvalue weighted by molar-refractivity contribution is 7.93. The molecule has 0 aromatic heterocycles. The maximum absolute atomic E-state index is 10.9. The van der Waals surface area contributed by atoms with Crippen molar-refractivity contribution in [3.63, 3.8) is 0 Å². The summed E-state index contributed by atoms with van der Waals surface area (Å²) in [5, 5.41) is 0. The van der Waals surface area contributed by atoms with Gasteiger partial charge in [0, 0.05) is 0 Å². The van der Waals surface area contributed by atoms with E-state index < -0.39 is 15.3 Å². The lowest BCUT2D eigenvalue weighted by molar-refractivity contribution is -0.114. The largest absolute Gasteiger partial charge is 0.303 e. The summed E-state index contributed by atoms with van der Waals surface area (Å²) >= 11 is 0. The first-order valence-electron chi connectivity index (χ1n) is 3.70. The van der Waals surface area contributed by atoms with E-state index in [4.69, 9.17) is 0 Å². The Kier molecular flexibility index (Phi) is 2.12. The standard InChI is InChI=1S/C8H12O3S/c1-7(2)3-8(4-9)5-12(10,11)6-8/h4H,1,3,5-6H2,2H3. The van der Waals surface area contributed by atoms with Crippen molar-refractivity contribution < 1.29 is 13.2 Å². The van der Waals surface area contributed by atoms with Gasteiger partial charge in [0.2, 0.25) is 0 Å². The molecule has 0 radical (unpaired) electrons. The van der Waals surface area contributed by atoms with Gasteiger partial charge >= 0.3 is 0 Å². The molecule has 68 valence electrons. The summed E-state index contributed by atoms with van der Waals surface area (Å²) in [5.41, 5.74) is 0.210. The Balaban J connectivity index is 2.71. The normalized spacial score (nSPS) is 24.1. The first-order valence-corrected chi connectivity index (χ1v) is 5.52. The zero-order chi connectivity index (χ0) is 9.41. The number of rotatable bonds is 3. The molecule has 0 unspecified atom stereocenters. The van der Waals surface area contributed by atoms with Gasteiger partial charge in [-0.3, -0.25) is 0 Å². The van der Waals surface area contributed by atoms with Crippen LogP contribution < -0.4 is 0 Å². The number of hydrogen-bond acceptors (Lipinski definition) is 3. The topological polar surface area (TPSA) is 51.2 Å². The molecule has 0 spiro atoms. The Hall–Kier alpha value is -0.640. The lowest BCUT2D eigenvalue weighted by Gasteiger charge is -2.36. The Labute approximate surface area is 72.4 Å². The SMILES string of the molecule is C=C(C)CC1(C=O)CS(=O)(=O)C1. The highest BCUT2D eigenvalue weighted by Crippen LogP contribution is 2.36. The Bertz CT molecular complexity index is 301. The van der Waals surface area contributed by atoms with Crippen molar-refractivity contribution in [2.45, 2.75) is 13.3 Å². The highest BCUT2D eigenvalue weighted by atomic mass is 32.2. The molecule has 1 aliphatic heterocycles. The fraction of sp³-hybridized carbons (Fsp3) is 0.625. The van der Waals surface area contributed by atoms with Crippen molar-refractivity contribution in [3.8, 4) is 0 Å². The van der Waals surface area contributed by atoms with Crippen LogP contribution in [-0.2, 0) is 14.6 Å². The average molecular weight is 188 g/mol. The minimum absolute atomic E-state index is 0.00361. The summed E-state index contributed by atoms with van der Waals surface area (Å²) in [6.45, 7) is 5.47. The zero-order valence-corrected chi connectivity index (χ0v) is 7.86. The van der Waals surface area contributed by atoms with E-state index in [9.17, 15) is 13.2 Å². The van der Waals surface area contributed by atoms with Crippen molar-refractivity contribution in [1.82, 2.24) is 0 Å². The minimum atomic E-state index is -2.92. The average Bonchev–Trinajstić information content (AvgIpc) is 1.81. The van der Waals surface area contributed by atoms with Gasteiger partial charge in [0.05, 0.1) is 16.9 Å². The molecule has 1 aliphatic rings. The second-order valence-corrected chi connectivity index (χ2v) is 5.71. The van der Waals surface area contributed by atoms with Crippen LogP contribution in [0.5, 0.6) is 0 Å². The maximum Gasteiger partial charge on any atom is 0.152 e. The van der Waals surface area contributed by atoms with Crippen LogP contribution in [0.15, 0.2) is 12.2 Å². The van der Waals surface area contributed by atoms with Crippen LogP contribution in [-0.4, -0.2) is 26.2 Å². The van der Waals surface area contributed by atoms with Gasteiger partial charge in [-0.2, -0.15) is 0 Å². The molecule has 1 heterocycles. The molecule has 0 aliphatic carbocycles. The van der Waals surface area contributed by atoms with Gasteiger partial charge in [0.15, 0.2) is 9.84 Å². The van der Waals surface area contributed by atoms with Gasteiger partial charge in [-0.25, -0.2) is 8.42 Å². The molecule has 12 heavy (non-hydrogen) atoms. The molecule has 1 rings (SSSR count). The predicted molar refractivity (Wildman–Crippen MR) is 46.6 cm³/mol. The molecular formula is C8H12O3S. The van der Waals surface area contributed by atoms with E-state index in [1.54, 1.807) is 6.92 Å². The summed E-state index contributed by atoms with van der Waals surface area (Å²) in [4.78, 5) is 10.6. The Morgan fingerprint density at radius 3 is 2.33 bits per heavy atom. The van der Waals surface area contributed by atoms with E-state index in [2.05, 4.69) is 6.58 Å². The molecule has 0 aromatic carbocycles. The van der Waals surface area contributed by atoms with Crippen molar-refractivity contribution in [3.05, 3.63) is 12.2 Å². The number of hydrogen-bond donors (Lipinski definition) is 0. The molecule has 4 heteroatoms. The van der Waals surface area contributed by atoms with E-state index in [1.807, 2.05) is 0 Å². The molecule has 0 amide bonds. The first kappa shape index (κ1) is 9.45. The zero-order valence-electron chi connectivity index (χ0n) is 7.04. The van der Waals surface area contributed by atoms with E-state index in [0.29, 0.717) is 6.42 Å². The van der Waals surface area contributed by atoms with Crippen LogP contribution in [0.1, 0.15) is 13.3 Å². The van der Waals surface area contributed by atoms with E-state index in [1.165, 1.54) is 0 Å². The lowest BCUT2D eigenvalue weighted by atomic mass is 9.87. The molecule has 0 atom stereocenters. The lowest BCUT2D eigenvalue weighted by Crippen LogP contribution is -2.49. The summed E-state index contributed by atoms with van der Waals surface area (Å²) in [6.07, 6.45) is 1.25. The molecule has 0 N–H and O–H groups in total. The number of aldehydes is 1. The van der Waals surface area contributed by atoms with Crippen LogP contribution in [0.2, 0.25) is 0 Å². The molecule has 1 fully saturated rings. The fourth-order valence-electron chi connectivity index (χ4n) is 1.65. The molecule has 0 bridgehead atoms. The highest BCUT2D eigenvalue weighted by Gasteiger charge is 2.48. The smallest absolute Gasteiger partial charge is 0.152 e. The van der Waals surface area contributed by atoms with Gasteiger partial charge in [0.1, 0.15) is 6.29 Å². The van der Waals surface area contributed by atoms with Gasteiger partial charge in [-0.15, -0.1) is 6.58 Å². The third-order valence-electron chi connectivity index (χ3n) is 1.92. The fourth-order valence-corrected chi connectivity index (χ4v) is 3.65. The monoisotopic (exact) mass is 188 g/mol. The van der Waals surface area contributed by atoms with Gasteiger partial charge < -0.3 is 4.79 Å². The number of carbonyl (C=O) groups excluding carboxylic acids is 1. The van der Waals surface area contributed by atoms with E-state index in [-0.39, 0.29) is 11.5 Å². The number of carbonyl (C=O) groups is 1. The predicted octanol–water partition coefficient (Wildman–Crippen LogP) is 0.566. The summed E-state index contributed by atoms with van der Waals surface area (Å²) in [5.74, 6) is -0.00722. The molecular weight excluding hydrogens is 176 g/mol. The quantitative estimate of drug-likeness (QED) is 0.480. The van der Waals surface area contributed by atoms with Crippen LogP contribution in [0, 0.1) is 5.41 Å². The van der Waals surface area contributed by atoms with Crippen molar-refractivity contribution in [2.75, 3.05) is 11.5 Å². The van der Waals surface area contributed by atoms with Crippen LogP contribution >= 0.6 is 0 Å². The maximum atomic E-state index is 10.9. The van der Waals surface area contributed by atoms with Crippen LogP contribution in [0.3, 0.4) is 0 Å². The van der Waals surface area contributed by atoms with Gasteiger partial charge in [0.25, 0.3) is 0 Å². The second-order valence-electron chi connectivity index (χ2n) is 3.65. The summed E-state index contributed by atoms with van der Waals surface area (Å²) in [6, 6.07) is 0. The Morgan fingerprint density at radius 1 is 1.58 bits per heavy atom. The number of sulfone groups is 1. The van der Waals surface area contributed by atoms with Gasteiger partial charge in [-0.05, 0) is 13.3 Å². The van der Waals surface area contributed by atoms with Crippen molar-refractivity contribution >= 4 is 16.1 Å². The molecule has 0 saturated carbocycles. The van der Waals surface area contributed by atoms with Crippen molar-refractivity contribution in [1.29, 1.82) is 0 Å². The molecule has 1 saturated heterocycles. The minimum Gasteiger partial charge on any atom is -0.303 e. The van der Waals surface area contributed by atoms with Crippen LogP contribution in [0.25, 0.3) is 0 Å². The first-order chi connectivity index (χ1) is 5.39. The van der Waals surface area contributed by atoms with E-state index >= 15 is 0 Å². The second kappa shape index (κ2) is 2.69. The Morgan fingerprint density at radius 2 is 2.08 bits per heavy atom. The van der Waals surface area contributed by atoms with E-state index in [0.717, 1.165) is 11.9 Å². The van der Waals surface area contributed by atoms with Crippen molar-refractivity contribution in [2.24, 2.45) is 5.41 Å². The third kappa shape index (κ3) is 1.75. The van der Waals surface area contributed by atoms with Gasteiger partial charge in [-0.1, -0.05) is 5.57 Å². The van der Waals surface area contributed by atoms with Crippen LogP contribution in [0.4, 0.5) is 0 Å². The molecule has 0 aromatic rings. The third-order valence-corrected chi connectivity index (χ3v) is 3.95. The summed E-state index contributed by atoms with van der Waals surface area (Å²) in [7, 11) is -2.92. The number of allylic oxidation sites excluding steroid dienone is 1.